The molecule has 4 unspecified atom stereocenters. The fraction of sp³-hybridized carbons (Fsp3) is 0.474. The number of hydrogen-bond acceptors (Lipinski definition) is 5. The average molecular weight is 372 g/mol. The summed E-state index contributed by atoms with van der Waals surface area (Å²) in [6, 6.07) is 7.79. The molecule has 2 N–H and O–H groups in total. The van der Waals surface area contributed by atoms with Gasteiger partial charge in [-0.15, -0.1) is 0 Å². The van der Waals surface area contributed by atoms with Crippen LogP contribution in [0.2, 0.25) is 0 Å². The Morgan fingerprint density at radius 1 is 1.11 bits per heavy atom. The highest BCUT2D eigenvalue weighted by atomic mass is 16.5. The van der Waals surface area contributed by atoms with E-state index >= 15 is 0 Å². The van der Waals surface area contributed by atoms with Gasteiger partial charge in [0.25, 0.3) is 0 Å². The van der Waals surface area contributed by atoms with Crippen LogP contribution in [-0.4, -0.2) is 58.5 Å². The second-order valence-corrected chi connectivity index (χ2v) is 7.25. The van der Waals surface area contributed by atoms with Gasteiger partial charge in [-0.3, -0.25) is 19.3 Å². The predicted molar refractivity (Wildman–Crippen MR) is 91.3 cm³/mol. The number of aliphatic carboxylic acids is 1. The van der Waals surface area contributed by atoms with Crippen molar-refractivity contribution in [1.82, 2.24) is 10.2 Å². The molecule has 4 rings (SSSR count). The van der Waals surface area contributed by atoms with E-state index in [1.165, 1.54) is 0 Å². The Hall–Kier alpha value is -2.74. The smallest absolute Gasteiger partial charge is 0.326 e. The highest BCUT2D eigenvalue weighted by molar-refractivity contribution is 6.08. The van der Waals surface area contributed by atoms with Crippen LogP contribution in [0.15, 0.2) is 30.3 Å². The van der Waals surface area contributed by atoms with Crippen molar-refractivity contribution in [3.05, 3.63) is 35.9 Å². The number of carboxylic acids is 1. The van der Waals surface area contributed by atoms with E-state index in [1.54, 1.807) is 24.3 Å². The highest BCUT2D eigenvalue weighted by Crippen LogP contribution is 2.48. The second-order valence-electron chi connectivity index (χ2n) is 7.25. The van der Waals surface area contributed by atoms with Crippen molar-refractivity contribution in [2.45, 2.75) is 37.5 Å². The number of carboxylic acid groups (broad SMARTS) is 1. The molecule has 0 spiro atoms. The van der Waals surface area contributed by atoms with Crippen LogP contribution in [0.1, 0.15) is 18.4 Å². The van der Waals surface area contributed by atoms with Crippen LogP contribution in [0.25, 0.3) is 0 Å². The molecule has 3 saturated heterocycles. The standard InChI is InChI=1S/C19H20N2O6/c22-14(20-11(19(25)26)8-10-4-2-1-3-5-10)9-21-17(23)15-12-6-7-13(27-12)16(15)18(21)24/h1-5,11-13,15-16H,6-9H2,(H,20,22)(H,25,26)/t11-,12?,13?,15?,16?/m1/s1. The fourth-order valence-electron chi connectivity index (χ4n) is 4.36. The number of nitrogens with one attached hydrogen (secondary N) is 1. The van der Waals surface area contributed by atoms with E-state index in [0.717, 1.165) is 23.3 Å². The molecule has 0 saturated carbocycles. The molecule has 1 aromatic carbocycles. The Kier molecular flexibility index (Phi) is 4.43. The largest absolute Gasteiger partial charge is 0.480 e. The van der Waals surface area contributed by atoms with E-state index in [-0.39, 0.29) is 30.4 Å². The lowest BCUT2D eigenvalue weighted by molar-refractivity contribution is -0.146. The molecular weight excluding hydrogens is 352 g/mol. The number of rotatable bonds is 6. The molecule has 8 heteroatoms. The minimum absolute atomic E-state index is 0.118. The van der Waals surface area contributed by atoms with Crippen LogP contribution < -0.4 is 5.32 Å². The molecule has 1 aromatic rings. The number of likely N-dealkylation sites (tertiary alicyclic amines) is 1. The third-order valence-electron chi connectivity index (χ3n) is 5.59. The fourth-order valence-corrected chi connectivity index (χ4v) is 4.36. The summed E-state index contributed by atoms with van der Waals surface area (Å²) in [5, 5.41) is 11.8. The zero-order valence-electron chi connectivity index (χ0n) is 14.5. The van der Waals surface area contributed by atoms with Crippen molar-refractivity contribution >= 4 is 23.7 Å². The maximum Gasteiger partial charge on any atom is 0.326 e. The number of carbonyl (C=O) groups is 4. The average Bonchev–Trinajstić information content (AvgIpc) is 3.32. The molecule has 2 bridgehead atoms. The molecule has 27 heavy (non-hydrogen) atoms. The van der Waals surface area contributed by atoms with Gasteiger partial charge in [0.1, 0.15) is 12.6 Å². The second kappa shape index (κ2) is 6.77. The Morgan fingerprint density at radius 2 is 1.70 bits per heavy atom. The molecule has 3 heterocycles. The predicted octanol–water partition coefficient (Wildman–Crippen LogP) is -0.0391. The van der Waals surface area contributed by atoms with Gasteiger partial charge < -0.3 is 15.2 Å². The number of carbonyl (C=O) groups excluding carboxylic acids is 3. The van der Waals surface area contributed by atoms with E-state index < -0.39 is 36.3 Å². The summed E-state index contributed by atoms with van der Waals surface area (Å²) in [4.78, 5) is 49.9. The van der Waals surface area contributed by atoms with Gasteiger partial charge in [-0.25, -0.2) is 4.79 Å². The first-order valence-corrected chi connectivity index (χ1v) is 9.02. The van der Waals surface area contributed by atoms with Crippen LogP contribution in [0, 0.1) is 11.8 Å². The van der Waals surface area contributed by atoms with E-state index in [9.17, 15) is 24.3 Å². The summed E-state index contributed by atoms with van der Waals surface area (Å²) in [6.45, 7) is -0.456. The van der Waals surface area contributed by atoms with E-state index in [1.807, 2.05) is 6.07 Å². The van der Waals surface area contributed by atoms with Crippen LogP contribution in [0.3, 0.4) is 0 Å². The summed E-state index contributed by atoms with van der Waals surface area (Å²) in [5.74, 6) is -3.60. The highest BCUT2D eigenvalue weighted by Gasteiger charge is 2.62. The first-order valence-electron chi connectivity index (χ1n) is 9.02. The number of benzene rings is 1. The minimum Gasteiger partial charge on any atom is -0.480 e. The first kappa shape index (κ1) is 17.7. The number of imide groups is 1. The normalized spacial score (nSPS) is 29.7. The Labute approximate surface area is 155 Å². The van der Waals surface area contributed by atoms with Crippen LogP contribution in [0.5, 0.6) is 0 Å². The lowest BCUT2D eigenvalue weighted by Crippen LogP contribution is -2.48. The minimum atomic E-state index is -1.17. The SMILES string of the molecule is O=C(CN1C(=O)C2C3CCC(O3)C2C1=O)N[C@H](Cc1ccccc1)C(=O)O. The van der Waals surface area contributed by atoms with Crippen molar-refractivity contribution in [2.24, 2.45) is 11.8 Å². The number of ether oxygens (including phenoxy) is 1. The summed E-state index contributed by atoms with van der Waals surface area (Å²) in [5.41, 5.74) is 0.766. The number of fused-ring (bicyclic) bond motifs is 5. The summed E-state index contributed by atoms with van der Waals surface area (Å²) < 4.78 is 5.65. The van der Waals surface area contributed by atoms with Crippen molar-refractivity contribution < 1.29 is 29.0 Å². The summed E-state index contributed by atoms with van der Waals surface area (Å²) in [7, 11) is 0. The van der Waals surface area contributed by atoms with Gasteiger partial charge >= 0.3 is 5.97 Å². The van der Waals surface area contributed by atoms with Gasteiger partial charge in [0, 0.05) is 6.42 Å². The number of amides is 3. The van der Waals surface area contributed by atoms with E-state index in [4.69, 9.17) is 4.74 Å². The molecular formula is C19H20N2O6. The maximum atomic E-state index is 12.6. The zero-order chi connectivity index (χ0) is 19.1. The zero-order valence-corrected chi connectivity index (χ0v) is 14.5. The molecule has 142 valence electrons. The quantitative estimate of drug-likeness (QED) is 0.678. The Bertz CT molecular complexity index is 767. The lowest BCUT2D eigenvalue weighted by atomic mass is 9.81. The van der Waals surface area contributed by atoms with Gasteiger partial charge in [0.05, 0.1) is 24.0 Å². The van der Waals surface area contributed by atoms with Crippen molar-refractivity contribution in [1.29, 1.82) is 0 Å². The third-order valence-corrected chi connectivity index (χ3v) is 5.59. The van der Waals surface area contributed by atoms with Crippen LogP contribution in [-0.2, 0) is 30.3 Å². The van der Waals surface area contributed by atoms with Gasteiger partial charge in [-0.1, -0.05) is 30.3 Å². The topological polar surface area (TPSA) is 113 Å². The summed E-state index contributed by atoms with van der Waals surface area (Å²) in [6.07, 6.45) is 1.14. The van der Waals surface area contributed by atoms with E-state index in [0.29, 0.717) is 0 Å². The lowest BCUT2D eigenvalue weighted by Gasteiger charge is -2.19. The van der Waals surface area contributed by atoms with Gasteiger partial charge in [0.2, 0.25) is 17.7 Å². The Morgan fingerprint density at radius 3 is 2.26 bits per heavy atom. The molecule has 3 fully saturated rings. The number of hydrogen-bond donors (Lipinski definition) is 2. The van der Waals surface area contributed by atoms with Gasteiger partial charge in [-0.2, -0.15) is 0 Å². The Balaban J connectivity index is 1.40. The van der Waals surface area contributed by atoms with Crippen LogP contribution in [0.4, 0.5) is 0 Å². The van der Waals surface area contributed by atoms with Crippen molar-refractivity contribution in [3.63, 3.8) is 0 Å². The molecule has 3 amide bonds. The van der Waals surface area contributed by atoms with Crippen molar-refractivity contribution in [2.75, 3.05) is 6.54 Å². The van der Waals surface area contributed by atoms with Crippen molar-refractivity contribution in [3.8, 4) is 0 Å². The molecule has 0 radical (unpaired) electrons. The monoisotopic (exact) mass is 372 g/mol. The van der Waals surface area contributed by atoms with Gasteiger partial charge in [0.15, 0.2) is 0 Å². The summed E-state index contributed by atoms with van der Waals surface area (Å²) >= 11 is 0. The molecule has 8 nitrogen and oxygen atoms in total. The van der Waals surface area contributed by atoms with Crippen LogP contribution >= 0.6 is 0 Å². The molecule has 5 atom stereocenters. The first-order chi connectivity index (χ1) is 13.0. The maximum absolute atomic E-state index is 12.6. The molecule has 3 aliphatic heterocycles. The third kappa shape index (κ3) is 3.10. The number of nitrogens with zero attached hydrogens (tertiary/aromatic N) is 1. The van der Waals surface area contributed by atoms with Gasteiger partial charge in [-0.05, 0) is 18.4 Å². The molecule has 0 aliphatic carbocycles. The molecule has 0 aromatic heterocycles. The van der Waals surface area contributed by atoms with E-state index in [2.05, 4.69) is 5.32 Å². The molecule has 3 aliphatic rings.